The van der Waals surface area contributed by atoms with Gasteiger partial charge in [-0.15, -0.1) is 0 Å². The minimum Gasteiger partial charge on any atom is -0.872 e. The Morgan fingerprint density at radius 3 is 2.46 bits per heavy atom. The number of hydrogen-bond donors (Lipinski definition) is 2. The molecule has 1 amide bonds. The maximum atomic E-state index is 13.8. The molecule has 0 spiro atoms. The number of nitrogens with zero attached hydrogens (tertiary/aromatic N) is 1. The first-order chi connectivity index (χ1) is 17.5. The zero-order valence-electron chi connectivity index (χ0n) is 22.6. The van der Waals surface area contributed by atoms with Crippen LogP contribution in [-0.2, 0) is 9.59 Å². The van der Waals surface area contributed by atoms with Crippen molar-refractivity contribution in [3.05, 3.63) is 58.7 Å². The lowest BCUT2D eigenvalue weighted by atomic mass is 9.94. The lowest BCUT2D eigenvalue weighted by Gasteiger charge is -2.28. The van der Waals surface area contributed by atoms with Crippen LogP contribution >= 0.6 is 0 Å². The number of quaternary nitrogens is 1. The molecule has 2 aromatic carbocycles. The number of likely N-dealkylation sites (tertiary alicyclic amines) is 1. The second kappa shape index (κ2) is 12.1. The predicted octanol–water partition coefficient (Wildman–Crippen LogP) is 1.89. The molecular weight excluding hydrogens is 472 g/mol. The van der Waals surface area contributed by atoms with E-state index in [0.29, 0.717) is 49.0 Å². The van der Waals surface area contributed by atoms with Crippen LogP contribution in [0.25, 0.3) is 5.76 Å². The first-order valence-electron chi connectivity index (χ1n) is 12.8. The number of ketones is 1. The number of hydrogen-bond acceptors (Lipinski definition) is 6. The normalized spacial score (nSPS) is 17.2. The number of nitrogens with one attached hydrogen (secondary N) is 1. The second-order valence-electron chi connectivity index (χ2n) is 10.1. The standard InChI is InChI=1S/C29H38N2O6/c1-7-36-24-16-20(9-11-22(24)32)26-25(28(34)29(35)31(26)14-8-13-30(5)6)27(33)21-10-12-23(19(4)15-21)37-17-18(2)3/h9-12,15-16,18,26,32-33H,7-8,13-14,17H2,1-6H3/b27-25+. The summed E-state index contributed by atoms with van der Waals surface area (Å²) in [6, 6.07) is 8.87. The average molecular weight is 511 g/mol. The van der Waals surface area contributed by atoms with Gasteiger partial charge in [0.1, 0.15) is 5.75 Å². The van der Waals surface area contributed by atoms with Crippen molar-refractivity contribution in [1.29, 1.82) is 0 Å². The van der Waals surface area contributed by atoms with Gasteiger partial charge in [0.15, 0.2) is 11.5 Å². The van der Waals surface area contributed by atoms with Crippen LogP contribution in [0.15, 0.2) is 42.0 Å². The first-order valence-corrected chi connectivity index (χ1v) is 12.8. The summed E-state index contributed by atoms with van der Waals surface area (Å²) >= 11 is 0. The zero-order chi connectivity index (χ0) is 27.3. The van der Waals surface area contributed by atoms with E-state index in [2.05, 4.69) is 13.8 Å². The van der Waals surface area contributed by atoms with Gasteiger partial charge in [0.25, 0.3) is 5.91 Å². The van der Waals surface area contributed by atoms with Gasteiger partial charge in [0.05, 0.1) is 39.9 Å². The molecule has 1 heterocycles. The molecule has 2 aromatic rings. The fourth-order valence-corrected chi connectivity index (χ4v) is 4.39. The third-order valence-electron chi connectivity index (χ3n) is 6.21. The number of amides is 1. The maximum absolute atomic E-state index is 13.8. The van der Waals surface area contributed by atoms with Crippen molar-refractivity contribution in [1.82, 2.24) is 4.90 Å². The highest BCUT2D eigenvalue weighted by molar-refractivity contribution is 6.46. The number of phenols is 1. The van der Waals surface area contributed by atoms with Crippen LogP contribution in [0.4, 0.5) is 0 Å². The van der Waals surface area contributed by atoms with E-state index in [9.17, 15) is 19.8 Å². The van der Waals surface area contributed by atoms with Crippen molar-refractivity contribution in [3.8, 4) is 17.2 Å². The minimum absolute atomic E-state index is 0.0514. The van der Waals surface area contributed by atoms with E-state index in [1.54, 1.807) is 37.3 Å². The molecule has 1 aliphatic heterocycles. The molecule has 8 heteroatoms. The number of aryl methyl sites for hydroxylation is 1. The summed E-state index contributed by atoms with van der Waals surface area (Å²) in [6.45, 7) is 9.75. The number of rotatable bonds is 11. The van der Waals surface area contributed by atoms with Crippen LogP contribution in [0.2, 0.25) is 0 Å². The van der Waals surface area contributed by atoms with Gasteiger partial charge < -0.3 is 29.5 Å². The number of aromatic hydroxyl groups is 1. The smallest absolute Gasteiger partial charge is 0.295 e. The number of carbonyl (C=O) groups excluding carboxylic acids is 2. The number of phenolic OH excluding ortho intramolecular Hbond substituents is 1. The number of ether oxygens (including phenoxy) is 2. The molecule has 1 aliphatic rings. The average Bonchev–Trinajstić information content (AvgIpc) is 3.09. The van der Waals surface area contributed by atoms with Gasteiger partial charge in [-0.3, -0.25) is 9.59 Å². The Kier molecular flexibility index (Phi) is 9.21. The number of Topliss-reactive ketones (excluding diaryl/α,β-unsaturated/α-hetero) is 1. The van der Waals surface area contributed by atoms with E-state index < -0.39 is 23.5 Å². The second-order valence-corrected chi connectivity index (χ2v) is 10.1. The van der Waals surface area contributed by atoms with Gasteiger partial charge >= 0.3 is 0 Å². The molecule has 1 fully saturated rings. The van der Waals surface area contributed by atoms with Gasteiger partial charge in [-0.1, -0.05) is 31.7 Å². The summed E-state index contributed by atoms with van der Waals surface area (Å²) in [7, 11) is 4.03. The van der Waals surface area contributed by atoms with Crippen LogP contribution in [0.1, 0.15) is 49.9 Å². The van der Waals surface area contributed by atoms with E-state index in [1.807, 2.05) is 21.0 Å². The largest absolute Gasteiger partial charge is 0.872 e. The van der Waals surface area contributed by atoms with E-state index in [4.69, 9.17) is 9.47 Å². The molecule has 1 atom stereocenters. The highest BCUT2D eigenvalue weighted by atomic mass is 16.5. The molecular formula is C29H38N2O6. The molecule has 0 aliphatic carbocycles. The summed E-state index contributed by atoms with van der Waals surface area (Å²) in [5.74, 6) is -0.769. The Hall–Kier alpha value is -3.52. The molecule has 0 radical (unpaired) electrons. The van der Waals surface area contributed by atoms with Crippen molar-refractivity contribution in [2.45, 2.75) is 40.2 Å². The van der Waals surface area contributed by atoms with Crippen molar-refractivity contribution in [3.63, 3.8) is 0 Å². The monoisotopic (exact) mass is 510 g/mol. The Morgan fingerprint density at radius 2 is 1.84 bits per heavy atom. The molecule has 8 nitrogen and oxygen atoms in total. The highest BCUT2D eigenvalue weighted by Gasteiger charge is 2.44. The van der Waals surface area contributed by atoms with Crippen LogP contribution < -0.4 is 19.5 Å². The van der Waals surface area contributed by atoms with Crippen LogP contribution in [0.5, 0.6) is 17.2 Å². The van der Waals surface area contributed by atoms with Crippen molar-refractivity contribution >= 4 is 17.4 Å². The minimum atomic E-state index is -0.873. The molecule has 1 saturated heterocycles. The van der Waals surface area contributed by atoms with E-state index in [-0.39, 0.29) is 17.1 Å². The summed E-state index contributed by atoms with van der Waals surface area (Å²) < 4.78 is 11.4. The molecule has 37 heavy (non-hydrogen) atoms. The lowest BCUT2D eigenvalue weighted by Crippen LogP contribution is -3.05. The fourth-order valence-electron chi connectivity index (χ4n) is 4.39. The van der Waals surface area contributed by atoms with E-state index >= 15 is 0 Å². The van der Waals surface area contributed by atoms with Crippen LogP contribution in [-0.4, -0.2) is 62.1 Å². The van der Waals surface area contributed by atoms with Crippen molar-refractivity contribution in [2.75, 3.05) is 40.4 Å². The molecule has 3 rings (SSSR count). The number of benzene rings is 2. The van der Waals surface area contributed by atoms with Gasteiger partial charge in [-0.25, -0.2) is 0 Å². The van der Waals surface area contributed by atoms with E-state index in [0.717, 1.165) is 12.1 Å². The van der Waals surface area contributed by atoms with Crippen LogP contribution in [0.3, 0.4) is 0 Å². The molecule has 0 bridgehead atoms. The highest BCUT2D eigenvalue weighted by Crippen LogP contribution is 2.41. The Bertz CT molecular complexity index is 1170. The van der Waals surface area contributed by atoms with Gasteiger partial charge in [0, 0.05) is 18.5 Å². The van der Waals surface area contributed by atoms with Crippen molar-refractivity contribution < 1.29 is 34.2 Å². The van der Waals surface area contributed by atoms with Gasteiger partial charge in [0.2, 0.25) is 5.78 Å². The third-order valence-corrected chi connectivity index (χ3v) is 6.21. The van der Waals surface area contributed by atoms with Crippen LogP contribution in [0, 0.1) is 12.8 Å². The van der Waals surface area contributed by atoms with Gasteiger partial charge in [-0.2, -0.15) is 0 Å². The summed E-state index contributed by atoms with van der Waals surface area (Å²) in [5, 5.41) is 24.0. The molecule has 2 N–H and O–H groups in total. The fraction of sp³-hybridized carbons (Fsp3) is 0.448. The Morgan fingerprint density at radius 1 is 1.11 bits per heavy atom. The quantitative estimate of drug-likeness (QED) is 0.272. The molecule has 1 unspecified atom stereocenters. The maximum Gasteiger partial charge on any atom is 0.295 e. The summed E-state index contributed by atoms with van der Waals surface area (Å²) in [5.41, 5.74) is 1.54. The van der Waals surface area contributed by atoms with Gasteiger partial charge in [-0.05, 0) is 60.7 Å². The topological polar surface area (TPSA) is 104 Å². The Labute approximate surface area is 219 Å². The SMILES string of the molecule is CCOc1cc(C2/C(=C(\[O-])c3ccc(OCC(C)C)c(C)c3)C(=O)C(=O)N2CCC[NH+](C)C)ccc1O. The molecule has 0 saturated carbocycles. The summed E-state index contributed by atoms with van der Waals surface area (Å²) in [6.07, 6.45) is 0.663. The third kappa shape index (κ3) is 6.43. The summed E-state index contributed by atoms with van der Waals surface area (Å²) in [4.78, 5) is 29.1. The Balaban J connectivity index is 2.09. The van der Waals surface area contributed by atoms with Crippen molar-refractivity contribution in [2.24, 2.45) is 5.92 Å². The predicted molar refractivity (Wildman–Crippen MR) is 139 cm³/mol. The zero-order valence-corrected chi connectivity index (χ0v) is 22.6. The molecule has 200 valence electrons. The van der Waals surface area contributed by atoms with E-state index in [1.165, 1.54) is 15.9 Å². The number of carbonyl (C=O) groups is 2. The lowest BCUT2D eigenvalue weighted by molar-refractivity contribution is -0.858. The first kappa shape index (κ1) is 28.1. The molecule has 0 aromatic heterocycles.